The highest BCUT2D eigenvalue weighted by molar-refractivity contribution is 7.80. The first-order valence-electron chi connectivity index (χ1n) is 5.15. The molecular formula is C11H24N2S. The molecule has 0 saturated carbocycles. The van der Waals surface area contributed by atoms with Gasteiger partial charge in [0.1, 0.15) is 0 Å². The van der Waals surface area contributed by atoms with Gasteiger partial charge in [-0.05, 0) is 37.4 Å². The van der Waals surface area contributed by atoms with Crippen LogP contribution in [0.25, 0.3) is 0 Å². The molecule has 0 saturated heterocycles. The fourth-order valence-electron chi connectivity index (χ4n) is 1.23. The van der Waals surface area contributed by atoms with E-state index in [-0.39, 0.29) is 11.0 Å². The Hall–Kier alpha value is -0.310. The summed E-state index contributed by atoms with van der Waals surface area (Å²) >= 11 is 5.14. The molecule has 0 bridgehead atoms. The first-order chi connectivity index (χ1) is 6.15. The maximum Gasteiger partial charge on any atom is 0.166 e. The molecule has 0 amide bonds. The van der Waals surface area contributed by atoms with Gasteiger partial charge >= 0.3 is 0 Å². The van der Waals surface area contributed by atoms with E-state index in [1.54, 1.807) is 0 Å². The van der Waals surface area contributed by atoms with Gasteiger partial charge in [0.25, 0.3) is 0 Å². The van der Waals surface area contributed by atoms with E-state index in [1.807, 2.05) is 7.05 Å². The van der Waals surface area contributed by atoms with Crippen molar-refractivity contribution < 1.29 is 0 Å². The lowest BCUT2D eigenvalue weighted by atomic mass is 9.67. The maximum absolute atomic E-state index is 5.14. The maximum atomic E-state index is 5.14. The van der Waals surface area contributed by atoms with Crippen LogP contribution < -0.4 is 10.6 Å². The predicted molar refractivity (Wildman–Crippen MR) is 67.5 cm³/mol. The third-order valence-electron chi connectivity index (χ3n) is 3.71. The Morgan fingerprint density at radius 3 is 1.86 bits per heavy atom. The number of nitrogens with one attached hydrogen (secondary N) is 2. The first-order valence-corrected chi connectivity index (χ1v) is 5.56. The van der Waals surface area contributed by atoms with Crippen LogP contribution in [0.3, 0.4) is 0 Å². The average molecular weight is 216 g/mol. The number of rotatable bonds is 3. The molecule has 0 aliphatic rings. The topological polar surface area (TPSA) is 24.1 Å². The zero-order valence-electron chi connectivity index (χ0n) is 10.5. The van der Waals surface area contributed by atoms with Gasteiger partial charge in [-0.2, -0.15) is 0 Å². The summed E-state index contributed by atoms with van der Waals surface area (Å²) in [5, 5.41) is 7.01. The monoisotopic (exact) mass is 216 g/mol. The van der Waals surface area contributed by atoms with Gasteiger partial charge in [-0.25, -0.2) is 0 Å². The molecule has 0 spiro atoms. The molecule has 0 aromatic heterocycles. The van der Waals surface area contributed by atoms with Gasteiger partial charge in [0.2, 0.25) is 0 Å². The van der Waals surface area contributed by atoms with Crippen LogP contribution in [0.4, 0.5) is 0 Å². The van der Waals surface area contributed by atoms with E-state index in [0.717, 1.165) is 0 Å². The van der Waals surface area contributed by atoms with Crippen molar-refractivity contribution in [1.82, 2.24) is 10.6 Å². The van der Waals surface area contributed by atoms with E-state index in [1.165, 1.54) is 0 Å². The zero-order chi connectivity index (χ0) is 11.6. The van der Waals surface area contributed by atoms with Crippen molar-refractivity contribution in [2.75, 3.05) is 7.05 Å². The van der Waals surface area contributed by atoms with E-state index in [9.17, 15) is 0 Å². The van der Waals surface area contributed by atoms with E-state index >= 15 is 0 Å². The third kappa shape index (κ3) is 2.84. The second-order valence-corrected chi connectivity index (χ2v) is 5.61. The van der Waals surface area contributed by atoms with Gasteiger partial charge in [-0.1, -0.05) is 27.7 Å². The van der Waals surface area contributed by atoms with Crippen LogP contribution >= 0.6 is 12.2 Å². The van der Waals surface area contributed by atoms with Crippen molar-refractivity contribution in [3.05, 3.63) is 0 Å². The fourth-order valence-corrected chi connectivity index (χ4v) is 1.48. The Balaban J connectivity index is 4.68. The minimum absolute atomic E-state index is 0.0126. The van der Waals surface area contributed by atoms with Crippen LogP contribution in [-0.4, -0.2) is 17.7 Å². The van der Waals surface area contributed by atoms with E-state index in [2.05, 4.69) is 52.2 Å². The molecule has 0 atom stereocenters. The third-order valence-corrected chi connectivity index (χ3v) is 4.01. The Kier molecular flexibility index (Phi) is 4.37. The number of hydrogen-bond acceptors (Lipinski definition) is 1. The molecular weight excluding hydrogens is 192 g/mol. The lowest BCUT2D eigenvalue weighted by molar-refractivity contribution is 0.114. The van der Waals surface area contributed by atoms with Crippen LogP contribution in [0.15, 0.2) is 0 Å². The van der Waals surface area contributed by atoms with Crippen LogP contribution in [0.5, 0.6) is 0 Å². The highest BCUT2D eigenvalue weighted by Crippen LogP contribution is 2.37. The predicted octanol–water partition coefficient (Wildman–Crippen LogP) is 2.54. The summed E-state index contributed by atoms with van der Waals surface area (Å²) in [5.74, 6) is 0.602. The molecule has 3 heteroatoms. The summed E-state index contributed by atoms with van der Waals surface area (Å²) in [5.41, 5.74) is 0.176. The van der Waals surface area contributed by atoms with Crippen molar-refractivity contribution in [3.63, 3.8) is 0 Å². The van der Waals surface area contributed by atoms with Gasteiger partial charge < -0.3 is 10.6 Å². The average Bonchev–Trinajstić information content (AvgIpc) is 2.02. The summed E-state index contributed by atoms with van der Waals surface area (Å²) in [7, 11) is 1.84. The Morgan fingerprint density at radius 1 is 1.14 bits per heavy atom. The van der Waals surface area contributed by atoms with Crippen molar-refractivity contribution >= 4 is 17.3 Å². The quantitative estimate of drug-likeness (QED) is 0.709. The van der Waals surface area contributed by atoms with Gasteiger partial charge in [0, 0.05) is 12.6 Å². The Morgan fingerprint density at radius 2 is 1.57 bits per heavy atom. The van der Waals surface area contributed by atoms with Crippen LogP contribution in [0.2, 0.25) is 0 Å². The molecule has 0 rings (SSSR count). The van der Waals surface area contributed by atoms with Gasteiger partial charge in [-0.3, -0.25) is 0 Å². The lowest BCUT2D eigenvalue weighted by Gasteiger charge is -2.45. The van der Waals surface area contributed by atoms with Crippen molar-refractivity contribution in [2.24, 2.45) is 11.3 Å². The normalized spacial score (nSPS) is 12.9. The smallest absolute Gasteiger partial charge is 0.166 e. The number of thiocarbonyl (C=S) groups is 1. The Labute approximate surface area is 93.8 Å². The molecule has 0 fully saturated rings. The molecule has 0 heterocycles. The second-order valence-electron chi connectivity index (χ2n) is 5.21. The molecule has 0 aromatic carbocycles. The van der Waals surface area contributed by atoms with E-state index in [4.69, 9.17) is 12.2 Å². The summed E-state index contributed by atoms with van der Waals surface area (Å²) in [6, 6.07) is 0. The molecule has 84 valence electrons. The van der Waals surface area contributed by atoms with Crippen LogP contribution in [-0.2, 0) is 0 Å². The molecule has 2 N–H and O–H groups in total. The van der Waals surface area contributed by atoms with Gasteiger partial charge in [0.05, 0.1) is 0 Å². The minimum atomic E-state index is -0.0126. The zero-order valence-corrected chi connectivity index (χ0v) is 11.3. The van der Waals surface area contributed by atoms with Crippen molar-refractivity contribution in [3.8, 4) is 0 Å². The Bertz CT molecular complexity index is 207. The minimum Gasteiger partial charge on any atom is -0.366 e. The van der Waals surface area contributed by atoms with Crippen molar-refractivity contribution in [1.29, 1.82) is 0 Å². The molecule has 14 heavy (non-hydrogen) atoms. The molecule has 0 aromatic rings. The highest BCUT2D eigenvalue weighted by atomic mass is 32.1. The summed E-state index contributed by atoms with van der Waals surface area (Å²) in [4.78, 5) is 0. The lowest BCUT2D eigenvalue weighted by Crippen LogP contribution is -2.57. The molecule has 0 aliphatic heterocycles. The SMILES string of the molecule is CNC(=S)NC(C)(C)C(C)(C)C(C)C. The van der Waals surface area contributed by atoms with Crippen molar-refractivity contribution in [2.45, 2.75) is 47.1 Å². The highest BCUT2D eigenvalue weighted by Gasteiger charge is 2.39. The molecule has 2 nitrogen and oxygen atoms in total. The standard InChI is InChI=1S/C11H24N2S/c1-8(2)10(3,4)11(5,6)13-9(14)12-7/h8H,1-7H3,(H2,12,13,14). The van der Waals surface area contributed by atoms with E-state index < -0.39 is 0 Å². The van der Waals surface area contributed by atoms with Gasteiger partial charge in [0.15, 0.2) is 5.11 Å². The largest absolute Gasteiger partial charge is 0.366 e. The molecule has 0 aliphatic carbocycles. The molecule has 0 unspecified atom stereocenters. The van der Waals surface area contributed by atoms with Gasteiger partial charge in [-0.15, -0.1) is 0 Å². The summed E-state index contributed by atoms with van der Waals surface area (Å²) < 4.78 is 0. The van der Waals surface area contributed by atoms with Crippen LogP contribution in [0.1, 0.15) is 41.5 Å². The van der Waals surface area contributed by atoms with E-state index in [0.29, 0.717) is 11.0 Å². The second kappa shape index (κ2) is 4.47. The summed E-state index contributed by atoms with van der Waals surface area (Å²) in [6.07, 6.45) is 0. The number of hydrogen-bond donors (Lipinski definition) is 2. The van der Waals surface area contributed by atoms with Crippen LogP contribution in [0, 0.1) is 11.3 Å². The summed E-state index contributed by atoms with van der Waals surface area (Å²) in [6.45, 7) is 13.4. The molecule has 0 radical (unpaired) electrons. The fraction of sp³-hybridized carbons (Fsp3) is 0.909. The first kappa shape index (κ1) is 13.7.